The molecule has 0 spiro atoms. The van der Waals surface area contributed by atoms with Crippen molar-refractivity contribution in [2.24, 2.45) is 5.73 Å². The Morgan fingerprint density at radius 3 is 2.85 bits per heavy atom. The third kappa shape index (κ3) is 2.80. The second kappa shape index (κ2) is 6.79. The topological polar surface area (TPSA) is 77.6 Å². The van der Waals surface area contributed by atoms with Gasteiger partial charge in [0.05, 0.1) is 22.8 Å². The molecule has 9 heteroatoms. The van der Waals surface area contributed by atoms with Crippen molar-refractivity contribution in [2.45, 2.75) is 29.8 Å². The van der Waals surface area contributed by atoms with Gasteiger partial charge in [-0.1, -0.05) is 11.8 Å². The van der Waals surface area contributed by atoms with E-state index >= 15 is 0 Å². The van der Waals surface area contributed by atoms with E-state index in [0.717, 1.165) is 24.2 Å². The minimum atomic E-state index is -0.770. The minimum absolute atomic E-state index is 0.0360. The standard InChI is InChI=1S/C18H19F2N3O3S/c1-2-26-18(25)15-16(24)10-5-11(20)13(22-4-3-9(21)8-22)6-12(10)23-14(7-19)27-17(15)23/h5-6,9,14H,2-4,7-8,21H2,1H3/t9-,14-/m0/s1. The Balaban J connectivity index is 1.94. The number of carbonyl (C=O) groups excluding carboxylic acids is 1. The number of nitrogens with two attached hydrogens (primary N) is 1. The lowest BCUT2D eigenvalue weighted by atomic mass is 10.1. The normalized spacial score (nSPS) is 21.3. The molecule has 0 bridgehead atoms. The molecule has 2 aromatic rings. The number of aromatic nitrogens is 1. The molecule has 6 nitrogen and oxygen atoms in total. The third-order valence-corrected chi connectivity index (χ3v) is 6.17. The second-order valence-electron chi connectivity index (χ2n) is 6.64. The summed E-state index contributed by atoms with van der Waals surface area (Å²) in [7, 11) is 0. The Labute approximate surface area is 158 Å². The van der Waals surface area contributed by atoms with E-state index in [4.69, 9.17) is 10.5 Å². The van der Waals surface area contributed by atoms with E-state index in [1.165, 1.54) is 0 Å². The zero-order valence-electron chi connectivity index (χ0n) is 14.7. The number of rotatable bonds is 4. The van der Waals surface area contributed by atoms with Gasteiger partial charge in [-0.15, -0.1) is 0 Å². The van der Waals surface area contributed by atoms with Crippen LogP contribution in [0.1, 0.15) is 29.1 Å². The van der Waals surface area contributed by atoms with E-state index < -0.39 is 29.3 Å². The van der Waals surface area contributed by atoms with Crippen molar-refractivity contribution >= 4 is 34.3 Å². The predicted molar refractivity (Wildman–Crippen MR) is 99.8 cm³/mol. The van der Waals surface area contributed by atoms with Crippen molar-refractivity contribution in [3.8, 4) is 0 Å². The summed E-state index contributed by atoms with van der Waals surface area (Å²) in [6, 6.07) is 2.65. The number of alkyl halides is 1. The van der Waals surface area contributed by atoms with Gasteiger partial charge >= 0.3 is 5.97 Å². The quantitative estimate of drug-likeness (QED) is 0.802. The first-order chi connectivity index (χ1) is 13.0. The molecule has 27 heavy (non-hydrogen) atoms. The zero-order chi connectivity index (χ0) is 19.3. The molecule has 1 saturated heterocycles. The summed E-state index contributed by atoms with van der Waals surface area (Å²) >= 11 is 1.11. The fourth-order valence-electron chi connectivity index (χ4n) is 3.66. The molecular formula is C18H19F2N3O3S. The Bertz CT molecular complexity index is 994. The van der Waals surface area contributed by atoms with E-state index in [1.807, 2.05) is 4.90 Å². The molecule has 1 aromatic heterocycles. The summed E-state index contributed by atoms with van der Waals surface area (Å²) in [5, 5.41) is -0.148. The van der Waals surface area contributed by atoms with Crippen LogP contribution < -0.4 is 16.1 Å². The molecule has 144 valence electrons. The van der Waals surface area contributed by atoms with Crippen molar-refractivity contribution in [3.63, 3.8) is 0 Å². The summed E-state index contributed by atoms with van der Waals surface area (Å²) in [4.78, 5) is 26.9. The van der Waals surface area contributed by atoms with Crippen LogP contribution in [0.2, 0.25) is 0 Å². The van der Waals surface area contributed by atoms with Crippen LogP contribution in [0.15, 0.2) is 22.0 Å². The molecule has 2 aliphatic heterocycles. The first kappa shape index (κ1) is 18.2. The number of fused-ring (bicyclic) bond motifs is 3. The van der Waals surface area contributed by atoms with Gasteiger partial charge in [-0.25, -0.2) is 13.6 Å². The van der Waals surface area contributed by atoms with Gasteiger partial charge in [-0.05, 0) is 25.5 Å². The van der Waals surface area contributed by atoms with Crippen LogP contribution >= 0.6 is 11.8 Å². The van der Waals surface area contributed by atoms with E-state index in [1.54, 1.807) is 17.6 Å². The number of hydrogen-bond acceptors (Lipinski definition) is 6. The Morgan fingerprint density at radius 1 is 1.44 bits per heavy atom. The van der Waals surface area contributed by atoms with Gasteiger partial charge in [0.15, 0.2) is 0 Å². The Kier molecular flexibility index (Phi) is 4.59. The number of thioether (sulfide) groups is 1. The van der Waals surface area contributed by atoms with Crippen molar-refractivity contribution < 1.29 is 18.3 Å². The molecule has 2 aliphatic rings. The highest BCUT2D eigenvalue weighted by atomic mass is 32.2. The fourth-order valence-corrected chi connectivity index (χ4v) is 4.78. The molecule has 0 saturated carbocycles. The van der Waals surface area contributed by atoms with Crippen molar-refractivity contribution in [1.82, 2.24) is 4.57 Å². The Hall–Kier alpha value is -2.13. The molecule has 0 amide bonds. The van der Waals surface area contributed by atoms with Gasteiger partial charge in [0, 0.05) is 24.5 Å². The molecule has 1 fully saturated rings. The van der Waals surface area contributed by atoms with Crippen molar-refractivity contribution in [3.05, 3.63) is 33.7 Å². The summed E-state index contributed by atoms with van der Waals surface area (Å²) in [6.45, 7) is 2.20. The number of anilines is 1. The molecule has 0 unspecified atom stereocenters. The summed E-state index contributed by atoms with van der Waals surface area (Å²) in [5.41, 5.74) is 5.92. The summed E-state index contributed by atoms with van der Waals surface area (Å²) < 4.78 is 34.7. The van der Waals surface area contributed by atoms with E-state index in [9.17, 15) is 18.4 Å². The number of esters is 1. The maximum Gasteiger partial charge on any atom is 0.344 e. The largest absolute Gasteiger partial charge is 0.462 e. The third-order valence-electron chi connectivity index (χ3n) is 4.94. The van der Waals surface area contributed by atoms with Crippen molar-refractivity contribution in [1.29, 1.82) is 0 Å². The average molecular weight is 395 g/mol. The molecule has 1 aromatic carbocycles. The maximum atomic E-state index is 14.8. The van der Waals surface area contributed by atoms with Gasteiger partial charge < -0.3 is 19.9 Å². The molecule has 2 N–H and O–H groups in total. The van der Waals surface area contributed by atoms with Gasteiger partial charge in [0.1, 0.15) is 23.4 Å². The van der Waals surface area contributed by atoms with E-state index in [-0.39, 0.29) is 23.6 Å². The maximum absolute atomic E-state index is 14.8. The molecular weight excluding hydrogens is 376 g/mol. The van der Waals surface area contributed by atoms with E-state index in [2.05, 4.69) is 0 Å². The van der Waals surface area contributed by atoms with Crippen LogP contribution in [0.4, 0.5) is 14.5 Å². The van der Waals surface area contributed by atoms with Crippen LogP contribution in [-0.2, 0) is 4.74 Å². The summed E-state index contributed by atoms with van der Waals surface area (Å²) in [6.07, 6.45) is 0.750. The lowest BCUT2D eigenvalue weighted by Gasteiger charge is -2.34. The predicted octanol–water partition coefficient (Wildman–Crippen LogP) is 2.43. The van der Waals surface area contributed by atoms with Crippen molar-refractivity contribution in [2.75, 3.05) is 31.3 Å². The van der Waals surface area contributed by atoms with Gasteiger partial charge in [0.25, 0.3) is 0 Å². The molecule has 2 atom stereocenters. The van der Waals surface area contributed by atoms with Crippen LogP contribution in [0, 0.1) is 5.82 Å². The minimum Gasteiger partial charge on any atom is -0.462 e. The lowest BCUT2D eigenvalue weighted by Crippen LogP contribution is -2.31. The molecule has 3 heterocycles. The van der Waals surface area contributed by atoms with Crippen LogP contribution in [0.3, 0.4) is 0 Å². The molecule has 0 aliphatic carbocycles. The van der Waals surface area contributed by atoms with Gasteiger partial charge in [-0.2, -0.15) is 0 Å². The Morgan fingerprint density at radius 2 is 2.22 bits per heavy atom. The number of nitrogens with zero attached hydrogens (tertiary/aromatic N) is 2. The number of carbonyl (C=O) groups is 1. The SMILES string of the molecule is CCOC(=O)c1c2n(c3cc(N4CC[C@H](N)C4)c(F)cc3c1=O)[C@H](CF)S2. The highest BCUT2D eigenvalue weighted by Crippen LogP contribution is 2.47. The van der Waals surface area contributed by atoms with Gasteiger partial charge in [-0.3, -0.25) is 4.79 Å². The zero-order valence-corrected chi connectivity index (χ0v) is 15.5. The number of pyridine rings is 1. The lowest BCUT2D eigenvalue weighted by molar-refractivity contribution is 0.0518. The smallest absolute Gasteiger partial charge is 0.344 e. The molecule has 0 radical (unpaired) electrons. The monoisotopic (exact) mass is 395 g/mol. The number of halogens is 2. The van der Waals surface area contributed by atoms with Crippen LogP contribution in [0.5, 0.6) is 0 Å². The van der Waals surface area contributed by atoms with Crippen LogP contribution in [0.25, 0.3) is 10.9 Å². The average Bonchev–Trinajstić information content (AvgIpc) is 3.04. The number of benzene rings is 1. The first-order valence-corrected chi connectivity index (χ1v) is 9.66. The summed E-state index contributed by atoms with van der Waals surface area (Å²) in [5.74, 6) is -1.33. The van der Waals surface area contributed by atoms with E-state index in [0.29, 0.717) is 29.3 Å². The first-order valence-electron chi connectivity index (χ1n) is 8.78. The number of hydrogen-bond donors (Lipinski definition) is 1. The fraction of sp³-hybridized carbons (Fsp3) is 0.444. The number of ether oxygens (including phenoxy) is 1. The van der Waals surface area contributed by atoms with Gasteiger partial charge in [0.2, 0.25) is 5.43 Å². The second-order valence-corrected chi connectivity index (χ2v) is 7.81. The highest BCUT2D eigenvalue weighted by Gasteiger charge is 2.36. The van der Waals surface area contributed by atoms with Crippen LogP contribution in [-0.4, -0.2) is 42.9 Å². The highest BCUT2D eigenvalue weighted by molar-refractivity contribution is 8.00. The molecule has 4 rings (SSSR count).